The van der Waals surface area contributed by atoms with Crippen molar-refractivity contribution >= 4 is 5.91 Å². The number of fused-ring (bicyclic) bond motifs is 2. The highest BCUT2D eigenvalue weighted by molar-refractivity contribution is 5.82. The lowest BCUT2D eigenvalue weighted by Gasteiger charge is -2.62. The van der Waals surface area contributed by atoms with Gasteiger partial charge in [-0.3, -0.25) is 4.79 Å². The number of aliphatic hydroxyl groups excluding tert-OH is 1. The fourth-order valence-corrected chi connectivity index (χ4v) is 3.91. The highest BCUT2D eigenvalue weighted by Gasteiger charge is 2.58. The van der Waals surface area contributed by atoms with Gasteiger partial charge >= 0.3 is 12.1 Å². The summed E-state index contributed by atoms with van der Waals surface area (Å²) < 4.78 is 36.9. The average Bonchev–Trinajstić information content (AvgIpc) is 2.29. The summed E-state index contributed by atoms with van der Waals surface area (Å²) in [5.41, 5.74) is 0.110. The van der Waals surface area contributed by atoms with Crippen molar-refractivity contribution in [2.24, 2.45) is 23.2 Å². The lowest BCUT2D eigenvalue weighted by atomic mass is 9.44. The van der Waals surface area contributed by atoms with Crippen LogP contribution in [0.15, 0.2) is 0 Å². The number of halogens is 3. The Morgan fingerprint density at radius 2 is 2.00 bits per heavy atom. The molecule has 4 atom stereocenters. The zero-order chi connectivity index (χ0) is 14.4. The Hall–Kier alpha value is -0.780. The molecule has 4 unspecified atom stereocenters. The van der Waals surface area contributed by atoms with Crippen LogP contribution in [-0.2, 0) is 4.79 Å². The maximum atomic E-state index is 12.3. The molecule has 2 N–H and O–H groups in total. The van der Waals surface area contributed by atoms with E-state index in [0.29, 0.717) is 18.8 Å². The standard InChI is InChI=1S/C13H20F3NO2/c1-12(2)7-5-9(12)8(3-4-18)10(6-7)17-11(19)13(14,15)16/h7-10,18H,3-6H2,1-2H3,(H,17,19). The van der Waals surface area contributed by atoms with E-state index in [4.69, 9.17) is 5.11 Å². The van der Waals surface area contributed by atoms with E-state index in [9.17, 15) is 18.0 Å². The first-order valence-electron chi connectivity index (χ1n) is 6.66. The molecule has 3 saturated carbocycles. The fourth-order valence-electron chi connectivity index (χ4n) is 3.91. The molecule has 0 spiro atoms. The van der Waals surface area contributed by atoms with Crippen molar-refractivity contribution in [3.05, 3.63) is 0 Å². The molecule has 0 saturated heterocycles. The number of aliphatic hydroxyl groups is 1. The van der Waals surface area contributed by atoms with E-state index in [1.165, 1.54) is 0 Å². The van der Waals surface area contributed by atoms with Crippen molar-refractivity contribution in [3.8, 4) is 0 Å². The van der Waals surface area contributed by atoms with Crippen LogP contribution in [0.25, 0.3) is 0 Å². The van der Waals surface area contributed by atoms with Gasteiger partial charge < -0.3 is 10.4 Å². The summed E-state index contributed by atoms with van der Waals surface area (Å²) in [6, 6.07) is -0.460. The van der Waals surface area contributed by atoms with E-state index >= 15 is 0 Å². The predicted octanol–water partition coefficient (Wildman–Crippen LogP) is 2.10. The molecule has 0 aromatic heterocycles. The van der Waals surface area contributed by atoms with E-state index in [1.54, 1.807) is 0 Å². The summed E-state index contributed by atoms with van der Waals surface area (Å²) in [5.74, 6) is -1.27. The van der Waals surface area contributed by atoms with E-state index in [0.717, 1.165) is 6.42 Å². The Morgan fingerprint density at radius 3 is 2.47 bits per heavy atom. The molecule has 3 fully saturated rings. The third-order valence-electron chi connectivity index (χ3n) is 5.15. The van der Waals surface area contributed by atoms with Crippen LogP contribution in [0.4, 0.5) is 13.2 Å². The minimum atomic E-state index is -4.83. The Bertz CT molecular complexity index is 367. The normalized spacial score (nSPS) is 36.5. The second-order valence-corrected chi connectivity index (χ2v) is 6.35. The number of amides is 1. The SMILES string of the molecule is CC1(C)C2CC(NC(=O)C(F)(F)F)C(CCO)C1C2. The Kier molecular flexibility index (Phi) is 3.58. The molecule has 0 radical (unpaired) electrons. The number of nitrogens with one attached hydrogen (secondary N) is 1. The molecule has 0 aromatic carbocycles. The van der Waals surface area contributed by atoms with Crippen molar-refractivity contribution in [2.45, 2.75) is 45.3 Å². The van der Waals surface area contributed by atoms with Crippen LogP contribution < -0.4 is 5.32 Å². The molecule has 110 valence electrons. The van der Waals surface area contributed by atoms with Crippen molar-refractivity contribution in [3.63, 3.8) is 0 Å². The summed E-state index contributed by atoms with van der Waals surface area (Å²) in [6.45, 7) is 4.19. The predicted molar refractivity (Wildman–Crippen MR) is 63.2 cm³/mol. The molecule has 3 nitrogen and oxygen atoms in total. The second kappa shape index (κ2) is 4.65. The van der Waals surface area contributed by atoms with Crippen LogP contribution in [0.2, 0.25) is 0 Å². The zero-order valence-electron chi connectivity index (χ0n) is 11.1. The Morgan fingerprint density at radius 1 is 1.37 bits per heavy atom. The molecule has 0 aromatic rings. The number of carbonyl (C=O) groups excluding carboxylic acids is 1. The largest absolute Gasteiger partial charge is 0.471 e. The van der Waals surface area contributed by atoms with Gasteiger partial charge in [0.25, 0.3) is 0 Å². The summed E-state index contributed by atoms with van der Waals surface area (Å²) in [6.07, 6.45) is -2.81. The summed E-state index contributed by atoms with van der Waals surface area (Å²) in [5, 5.41) is 11.2. The van der Waals surface area contributed by atoms with Crippen molar-refractivity contribution in [2.75, 3.05) is 6.61 Å². The molecule has 2 bridgehead atoms. The smallest absolute Gasteiger partial charge is 0.396 e. The molecular weight excluding hydrogens is 259 g/mol. The molecule has 1 amide bonds. The number of rotatable bonds is 3. The van der Waals surface area contributed by atoms with Gasteiger partial charge in [0.05, 0.1) is 0 Å². The van der Waals surface area contributed by atoms with Gasteiger partial charge in [0.2, 0.25) is 0 Å². The maximum absolute atomic E-state index is 12.3. The number of hydrogen-bond acceptors (Lipinski definition) is 2. The lowest BCUT2D eigenvalue weighted by molar-refractivity contribution is -0.179. The van der Waals surface area contributed by atoms with Gasteiger partial charge in [-0.25, -0.2) is 0 Å². The summed E-state index contributed by atoms with van der Waals surface area (Å²) in [7, 11) is 0. The number of carbonyl (C=O) groups is 1. The third-order valence-corrected chi connectivity index (χ3v) is 5.15. The van der Waals surface area contributed by atoms with Gasteiger partial charge in [0.15, 0.2) is 0 Å². The minimum absolute atomic E-state index is 0.0553. The van der Waals surface area contributed by atoms with Gasteiger partial charge in [-0.15, -0.1) is 0 Å². The van der Waals surface area contributed by atoms with Gasteiger partial charge in [-0.2, -0.15) is 13.2 Å². The monoisotopic (exact) mass is 279 g/mol. The first-order chi connectivity index (χ1) is 8.67. The van der Waals surface area contributed by atoms with Gasteiger partial charge in [0, 0.05) is 12.6 Å². The highest BCUT2D eigenvalue weighted by atomic mass is 19.4. The van der Waals surface area contributed by atoms with Crippen LogP contribution >= 0.6 is 0 Å². The minimum Gasteiger partial charge on any atom is -0.396 e. The second-order valence-electron chi connectivity index (χ2n) is 6.35. The molecule has 19 heavy (non-hydrogen) atoms. The van der Waals surface area contributed by atoms with E-state index < -0.39 is 18.1 Å². The third kappa shape index (κ3) is 2.47. The molecule has 0 aliphatic heterocycles. The van der Waals surface area contributed by atoms with Gasteiger partial charge in [0.1, 0.15) is 0 Å². The summed E-state index contributed by atoms with van der Waals surface area (Å²) in [4.78, 5) is 11.1. The molecular formula is C13H20F3NO2. The molecule has 3 rings (SSSR count). The van der Waals surface area contributed by atoms with Crippen LogP contribution in [0.5, 0.6) is 0 Å². The van der Waals surface area contributed by atoms with Crippen LogP contribution in [0.3, 0.4) is 0 Å². The van der Waals surface area contributed by atoms with Crippen molar-refractivity contribution in [1.82, 2.24) is 5.32 Å². The molecule has 3 aliphatic carbocycles. The topological polar surface area (TPSA) is 49.3 Å². The number of hydrogen-bond donors (Lipinski definition) is 2. The molecule has 3 aliphatic rings. The quantitative estimate of drug-likeness (QED) is 0.831. The Balaban J connectivity index is 2.07. The van der Waals surface area contributed by atoms with Gasteiger partial charge in [-0.05, 0) is 42.4 Å². The first kappa shape index (κ1) is 14.6. The molecule has 6 heteroatoms. The zero-order valence-corrected chi connectivity index (χ0v) is 11.1. The van der Waals surface area contributed by atoms with Crippen molar-refractivity contribution < 1.29 is 23.1 Å². The van der Waals surface area contributed by atoms with E-state index in [1.807, 2.05) is 0 Å². The fraction of sp³-hybridized carbons (Fsp3) is 0.923. The number of alkyl halides is 3. The molecule has 0 heterocycles. The van der Waals surface area contributed by atoms with Crippen molar-refractivity contribution in [1.29, 1.82) is 0 Å². The maximum Gasteiger partial charge on any atom is 0.471 e. The van der Waals surface area contributed by atoms with E-state index in [2.05, 4.69) is 19.2 Å². The first-order valence-corrected chi connectivity index (χ1v) is 6.66. The van der Waals surface area contributed by atoms with E-state index in [-0.39, 0.29) is 23.9 Å². The Labute approximate surface area is 110 Å². The average molecular weight is 279 g/mol. The summed E-state index contributed by atoms with van der Waals surface area (Å²) >= 11 is 0. The lowest BCUT2D eigenvalue weighted by Crippen LogP contribution is -2.62. The van der Waals surface area contributed by atoms with Crippen LogP contribution in [0.1, 0.15) is 33.1 Å². The van der Waals surface area contributed by atoms with Gasteiger partial charge in [-0.1, -0.05) is 13.8 Å². The highest BCUT2D eigenvalue weighted by Crippen LogP contribution is 2.62. The van der Waals surface area contributed by atoms with Crippen LogP contribution in [0, 0.1) is 23.2 Å². The van der Waals surface area contributed by atoms with Crippen LogP contribution in [-0.4, -0.2) is 29.8 Å².